The number of nitrogens with zero attached hydrogens (tertiary/aromatic N) is 1. The molecule has 0 heterocycles. The van der Waals surface area contributed by atoms with Gasteiger partial charge in [0.15, 0.2) is 9.84 Å². The first-order valence-electron chi connectivity index (χ1n) is 7.64. The first-order chi connectivity index (χ1) is 9.88. The summed E-state index contributed by atoms with van der Waals surface area (Å²) in [5.74, 6) is 0. The van der Waals surface area contributed by atoms with Gasteiger partial charge in [-0.25, -0.2) is 8.42 Å². The Kier molecular flexibility index (Phi) is 7.35. The first-order valence-corrected chi connectivity index (χ1v) is 9.53. The van der Waals surface area contributed by atoms with Crippen molar-refractivity contribution in [2.24, 2.45) is 0 Å². The predicted octanol–water partition coefficient (Wildman–Crippen LogP) is 2.47. The highest BCUT2D eigenvalue weighted by molar-refractivity contribution is 7.90. The van der Waals surface area contributed by atoms with E-state index in [1.807, 2.05) is 12.1 Å². The maximum absolute atomic E-state index is 11.4. The molecular weight excluding hydrogens is 284 g/mol. The van der Waals surface area contributed by atoms with Crippen molar-refractivity contribution in [2.45, 2.75) is 38.1 Å². The Morgan fingerprint density at radius 3 is 2.24 bits per heavy atom. The van der Waals surface area contributed by atoms with Crippen LogP contribution in [0.15, 0.2) is 29.2 Å². The highest BCUT2D eigenvalue weighted by atomic mass is 32.2. The minimum Gasteiger partial charge on any atom is -0.309 e. The fraction of sp³-hybridized carbons (Fsp3) is 0.625. The van der Waals surface area contributed by atoms with Crippen molar-refractivity contribution in [3.8, 4) is 0 Å². The van der Waals surface area contributed by atoms with E-state index in [4.69, 9.17) is 0 Å². The van der Waals surface area contributed by atoms with E-state index in [2.05, 4.69) is 31.0 Å². The Morgan fingerprint density at radius 2 is 1.76 bits per heavy atom. The second-order valence-electron chi connectivity index (χ2n) is 5.45. The molecule has 5 heteroatoms. The number of nitrogens with one attached hydrogen (secondary N) is 1. The summed E-state index contributed by atoms with van der Waals surface area (Å²) < 4.78 is 22.9. The van der Waals surface area contributed by atoms with Crippen LogP contribution in [-0.2, 0) is 9.84 Å². The van der Waals surface area contributed by atoms with E-state index < -0.39 is 9.84 Å². The number of rotatable bonds is 9. The Labute approximate surface area is 129 Å². The van der Waals surface area contributed by atoms with Crippen LogP contribution < -0.4 is 5.32 Å². The number of hydrogen-bond donors (Lipinski definition) is 1. The lowest BCUT2D eigenvalue weighted by Gasteiger charge is -2.21. The summed E-state index contributed by atoms with van der Waals surface area (Å²) >= 11 is 0. The average Bonchev–Trinajstić information content (AvgIpc) is 2.45. The third-order valence-electron chi connectivity index (χ3n) is 3.67. The molecule has 0 aliphatic heterocycles. The Hall–Kier alpha value is -0.910. The maximum atomic E-state index is 11.4. The molecule has 0 saturated heterocycles. The van der Waals surface area contributed by atoms with Crippen LogP contribution >= 0.6 is 0 Å². The van der Waals surface area contributed by atoms with E-state index >= 15 is 0 Å². The Bertz CT molecular complexity index is 512. The van der Waals surface area contributed by atoms with Crippen LogP contribution in [0.2, 0.25) is 0 Å². The molecule has 0 fully saturated rings. The topological polar surface area (TPSA) is 49.4 Å². The summed E-state index contributed by atoms with van der Waals surface area (Å²) in [4.78, 5) is 2.80. The largest absolute Gasteiger partial charge is 0.309 e. The summed E-state index contributed by atoms with van der Waals surface area (Å²) in [6.07, 6.45) is 2.41. The third kappa shape index (κ3) is 6.16. The smallest absolute Gasteiger partial charge is 0.175 e. The van der Waals surface area contributed by atoms with Gasteiger partial charge in [-0.1, -0.05) is 26.0 Å². The molecule has 1 N–H and O–H groups in total. The van der Waals surface area contributed by atoms with E-state index in [1.54, 1.807) is 12.1 Å². The lowest BCUT2D eigenvalue weighted by Crippen LogP contribution is -2.33. The second-order valence-corrected chi connectivity index (χ2v) is 7.47. The molecule has 0 amide bonds. The highest BCUT2D eigenvalue weighted by Gasteiger charge is 2.09. The fourth-order valence-corrected chi connectivity index (χ4v) is 2.94. The van der Waals surface area contributed by atoms with Gasteiger partial charge in [-0.15, -0.1) is 0 Å². The standard InChI is InChI=1S/C16H28N2O2S/c1-5-12-18(6-2)13-11-17-14(3)15-7-9-16(10-8-15)21(4,19)20/h7-10,14,17H,5-6,11-13H2,1-4H3. The summed E-state index contributed by atoms with van der Waals surface area (Å²) in [6, 6.07) is 7.35. The zero-order valence-corrected chi connectivity index (χ0v) is 14.4. The van der Waals surface area contributed by atoms with Gasteiger partial charge in [-0.05, 0) is 44.1 Å². The average molecular weight is 312 g/mol. The zero-order chi connectivity index (χ0) is 15.9. The molecule has 0 aromatic heterocycles. The van der Waals surface area contributed by atoms with Crippen molar-refractivity contribution in [3.05, 3.63) is 29.8 Å². The minimum atomic E-state index is -3.11. The molecule has 1 rings (SSSR count). The molecule has 1 aromatic carbocycles. The van der Waals surface area contributed by atoms with Crippen molar-refractivity contribution >= 4 is 9.84 Å². The molecule has 0 spiro atoms. The Morgan fingerprint density at radius 1 is 1.14 bits per heavy atom. The quantitative estimate of drug-likeness (QED) is 0.761. The van der Waals surface area contributed by atoms with Gasteiger partial charge in [0.25, 0.3) is 0 Å². The van der Waals surface area contributed by atoms with Gasteiger partial charge in [0, 0.05) is 25.4 Å². The van der Waals surface area contributed by atoms with Crippen molar-refractivity contribution in [3.63, 3.8) is 0 Å². The number of hydrogen-bond acceptors (Lipinski definition) is 4. The number of benzene rings is 1. The van der Waals surface area contributed by atoms with Crippen LogP contribution in [0.5, 0.6) is 0 Å². The van der Waals surface area contributed by atoms with Crippen molar-refractivity contribution < 1.29 is 8.42 Å². The van der Waals surface area contributed by atoms with Crippen LogP contribution in [0.4, 0.5) is 0 Å². The van der Waals surface area contributed by atoms with E-state index in [9.17, 15) is 8.42 Å². The molecule has 1 aromatic rings. The molecule has 1 atom stereocenters. The molecule has 21 heavy (non-hydrogen) atoms. The summed E-state index contributed by atoms with van der Waals surface area (Å²) in [5.41, 5.74) is 1.11. The molecule has 4 nitrogen and oxygen atoms in total. The van der Waals surface area contributed by atoms with E-state index in [0.717, 1.165) is 31.7 Å². The van der Waals surface area contributed by atoms with Gasteiger partial charge in [0.2, 0.25) is 0 Å². The van der Waals surface area contributed by atoms with Crippen molar-refractivity contribution in [1.82, 2.24) is 10.2 Å². The molecule has 0 aliphatic rings. The molecular formula is C16H28N2O2S. The lowest BCUT2D eigenvalue weighted by atomic mass is 10.1. The van der Waals surface area contributed by atoms with E-state index in [0.29, 0.717) is 4.90 Å². The maximum Gasteiger partial charge on any atom is 0.175 e. The molecule has 1 unspecified atom stereocenters. The first kappa shape index (κ1) is 18.1. The van der Waals surface area contributed by atoms with Gasteiger partial charge >= 0.3 is 0 Å². The van der Waals surface area contributed by atoms with Crippen LogP contribution in [0.3, 0.4) is 0 Å². The predicted molar refractivity (Wildman–Crippen MR) is 88.4 cm³/mol. The van der Waals surface area contributed by atoms with Crippen molar-refractivity contribution in [1.29, 1.82) is 0 Å². The molecule has 120 valence electrons. The highest BCUT2D eigenvalue weighted by Crippen LogP contribution is 2.16. The second kappa shape index (κ2) is 8.51. The van der Waals surface area contributed by atoms with Gasteiger partial charge < -0.3 is 10.2 Å². The van der Waals surface area contributed by atoms with Gasteiger partial charge in [-0.3, -0.25) is 0 Å². The monoisotopic (exact) mass is 312 g/mol. The molecule has 0 aliphatic carbocycles. The van der Waals surface area contributed by atoms with Gasteiger partial charge in [0.05, 0.1) is 4.90 Å². The normalized spacial score (nSPS) is 13.6. The van der Waals surface area contributed by atoms with Gasteiger partial charge in [-0.2, -0.15) is 0 Å². The van der Waals surface area contributed by atoms with Gasteiger partial charge in [0.1, 0.15) is 0 Å². The zero-order valence-electron chi connectivity index (χ0n) is 13.6. The molecule has 0 saturated carbocycles. The number of likely N-dealkylation sites (N-methyl/N-ethyl adjacent to an activating group) is 1. The van der Waals surface area contributed by atoms with E-state index in [1.165, 1.54) is 12.7 Å². The van der Waals surface area contributed by atoms with E-state index in [-0.39, 0.29) is 6.04 Å². The summed E-state index contributed by atoms with van der Waals surface area (Å²) in [6.45, 7) is 10.7. The van der Waals surface area contributed by atoms with Crippen LogP contribution in [0, 0.1) is 0 Å². The lowest BCUT2D eigenvalue weighted by molar-refractivity contribution is 0.284. The summed E-state index contributed by atoms with van der Waals surface area (Å²) in [5, 5.41) is 3.49. The van der Waals surface area contributed by atoms with Crippen LogP contribution in [-0.4, -0.2) is 45.8 Å². The van der Waals surface area contributed by atoms with Crippen molar-refractivity contribution in [2.75, 3.05) is 32.4 Å². The van der Waals surface area contributed by atoms with Crippen LogP contribution in [0.1, 0.15) is 38.8 Å². The van der Waals surface area contributed by atoms with Crippen LogP contribution in [0.25, 0.3) is 0 Å². The number of sulfone groups is 1. The molecule has 0 radical (unpaired) electrons. The minimum absolute atomic E-state index is 0.221. The fourth-order valence-electron chi connectivity index (χ4n) is 2.30. The Balaban J connectivity index is 2.50. The third-order valence-corrected chi connectivity index (χ3v) is 4.80. The summed E-state index contributed by atoms with van der Waals surface area (Å²) in [7, 11) is -3.11. The SMILES string of the molecule is CCCN(CC)CCNC(C)c1ccc(S(C)(=O)=O)cc1. The molecule has 0 bridgehead atoms.